The highest BCUT2D eigenvalue weighted by Crippen LogP contribution is 2.29. The fourth-order valence-electron chi connectivity index (χ4n) is 2.17. The minimum atomic E-state index is -0.734. The highest BCUT2D eigenvalue weighted by atomic mass is 35.5. The topological polar surface area (TPSA) is 127 Å². The maximum atomic E-state index is 11.9. The van der Waals surface area contributed by atoms with Gasteiger partial charge in [-0.15, -0.1) is 24.2 Å². The van der Waals surface area contributed by atoms with Gasteiger partial charge in [0, 0.05) is 24.7 Å². The predicted molar refractivity (Wildman–Crippen MR) is 98.2 cm³/mol. The molecule has 25 heavy (non-hydrogen) atoms. The van der Waals surface area contributed by atoms with Crippen molar-refractivity contribution in [3.63, 3.8) is 0 Å². The van der Waals surface area contributed by atoms with Crippen molar-refractivity contribution in [2.75, 3.05) is 25.4 Å². The van der Waals surface area contributed by atoms with Gasteiger partial charge < -0.3 is 16.4 Å². The molecule has 0 saturated heterocycles. The Morgan fingerprint density at radius 2 is 2.16 bits per heavy atom. The van der Waals surface area contributed by atoms with Gasteiger partial charge in [-0.25, -0.2) is 0 Å². The highest BCUT2D eigenvalue weighted by molar-refractivity contribution is 8.00. The summed E-state index contributed by atoms with van der Waals surface area (Å²) in [7, 11) is 0. The first-order valence-electron chi connectivity index (χ1n) is 7.33. The van der Waals surface area contributed by atoms with Gasteiger partial charge in [-0.2, -0.15) is 0 Å². The zero-order valence-corrected chi connectivity index (χ0v) is 15.0. The lowest BCUT2D eigenvalue weighted by Crippen LogP contribution is -2.30. The van der Waals surface area contributed by atoms with E-state index in [1.54, 1.807) is 0 Å². The van der Waals surface area contributed by atoms with Crippen molar-refractivity contribution in [3.05, 3.63) is 45.5 Å². The predicted octanol–water partition coefficient (Wildman–Crippen LogP) is 1.24. The zero-order valence-electron chi connectivity index (χ0n) is 13.3. The molecule has 0 fully saturated rings. The second-order valence-corrected chi connectivity index (χ2v) is 6.20. The summed E-state index contributed by atoms with van der Waals surface area (Å²) in [5.41, 5.74) is 6.13. The fourth-order valence-corrected chi connectivity index (χ4v) is 3.01. The molecule has 136 valence electrons. The van der Waals surface area contributed by atoms with Crippen LogP contribution in [0.3, 0.4) is 0 Å². The third kappa shape index (κ3) is 6.37. The van der Waals surface area contributed by atoms with Crippen LogP contribution in [0.2, 0.25) is 0 Å². The molecular weight excluding hydrogens is 368 g/mol. The van der Waals surface area contributed by atoms with Crippen LogP contribution in [0.4, 0.5) is 5.69 Å². The summed E-state index contributed by atoms with van der Waals surface area (Å²) >= 11 is 1.05. The fraction of sp³-hybridized carbons (Fsp3) is 0.333. The van der Waals surface area contributed by atoms with Gasteiger partial charge in [0.2, 0.25) is 11.8 Å². The van der Waals surface area contributed by atoms with Crippen molar-refractivity contribution in [3.8, 4) is 0 Å². The van der Waals surface area contributed by atoms with E-state index in [1.165, 1.54) is 17.7 Å². The third-order valence-electron chi connectivity index (χ3n) is 3.47. The normalized spacial score (nSPS) is 13.4. The minimum absolute atomic E-state index is 0. The number of nitro groups is 1. The van der Waals surface area contributed by atoms with Gasteiger partial charge in [0.25, 0.3) is 5.69 Å². The molecule has 2 rings (SSSR count). The largest absolute Gasteiger partial charge is 0.366 e. The van der Waals surface area contributed by atoms with Gasteiger partial charge >= 0.3 is 0 Å². The number of primary amides is 1. The number of nitrogens with two attached hydrogens (primary N) is 1. The van der Waals surface area contributed by atoms with E-state index in [-0.39, 0.29) is 35.3 Å². The number of amides is 2. The summed E-state index contributed by atoms with van der Waals surface area (Å²) in [5.74, 6) is -0.877. The number of nitrogens with one attached hydrogen (secondary N) is 2. The molecule has 0 aromatic heterocycles. The Morgan fingerprint density at radius 1 is 1.40 bits per heavy atom. The van der Waals surface area contributed by atoms with E-state index in [2.05, 4.69) is 10.6 Å². The summed E-state index contributed by atoms with van der Waals surface area (Å²) in [5, 5.41) is 17.1. The Hall–Kier alpha value is -2.10. The maximum Gasteiger partial charge on any atom is 0.283 e. The molecule has 4 N–H and O–H groups in total. The molecule has 1 aliphatic heterocycles. The molecule has 8 nitrogen and oxygen atoms in total. The first-order chi connectivity index (χ1) is 11.5. The zero-order chi connectivity index (χ0) is 17.5. The Labute approximate surface area is 155 Å². The monoisotopic (exact) mass is 386 g/mol. The van der Waals surface area contributed by atoms with Crippen LogP contribution >= 0.6 is 24.2 Å². The third-order valence-corrected chi connectivity index (χ3v) is 4.53. The average Bonchev–Trinajstić information content (AvgIpc) is 2.58. The van der Waals surface area contributed by atoms with E-state index >= 15 is 0 Å². The molecule has 1 aromatic carbocycles. The molecule has 0 spiro atoms. The molecule has 0 bridgehead atoms. The van der Waals surface area contributed by atoms with Crippen molar-refractivity contribution >= 4 is 41.7 Å². The smallest absolute Gasteiger partial charge is 0.283 e. The van der Waals surface area contributed by atoms with E-state index in [0.717, 1.165) is 37.3 Å². The first-order valence-corrected chi connectivity index (χ1v) is 8.32. The van der Waals surface area contributed by atoms with Crippen LogP contribution in [0.5, 0.6) is 0 Å². The summed E-state index contributed by atoms with van der Waals surface area (Å²) in [4.78, 5) is 33.8. The van der Waals surface area contributed by atoms with Gasteiger partial charge in [0.05, 0.1) is 15.6 Å². The van der Waals surface area contributed by atoms with Crippen molar-refractivity contribution < 1.29 is 14.5 Å². The number of benzene rings is 1. The minimum Gasteiger partial charge on any atom is -0.366 e. The van der Waals surface area contributed by atoms with E-state index in [1.807, 2.05) is 6.08 Å². The molecule has 0 saturated carbocycles. The Balaban J connectivity index is 0.00000312. The molecule has 1 aromatic rings. The Bertz CT molecular complexity index is 696. The molecule has 1 heterocycles. The van der Waals surface area contributed by atoms with Crippen molar-refractivity contribution in [1.29, 1.82) is 0 Å². The standard InChI is InChI=1S/C15H18N4O4S.ClH/c16-15(21)11-1-2-13(12(7-11)19(22)23)24-9-14(20)18-8-10-3-5-17-6-4-10;/h1-3,7,17H,4-6,8-9H2,(H2,16,21)(H,18,20);1H. The van der Waals surface area contributed by atoms with Crippen LogP contribution in [0.15, 0.2) is 34.7 Å². The number of hydrogen-bond donors (Lipinski definition) is 3. The first kappa shape index (κ1) is 20.9. The van der Waals surface area contributed by atoms with Gasteiger partial charge in [-0.05, 0) is 25.1 Å². The quantitative estimate of drug-likeness (QED) is 0.280. The van der Waals surface area contributed by atoms with E-state index in [9.17, 15) is 19.7 Å². The lowest BCUT2D eigenvalue weighted by atomic mass is 10.1. The summed E-state index contributed by atoms with van der Waals surface area (Å²) in [6.07, 6.45) is 2.94. The number of halogens is 1. The number of carbonyl (C=O) groups is 2. The summed E-state index contributed by atoms with van der Waals surface area (Å²) in [6, 6.07) is 3.98. The highest BCUT2D eigenvalue weighted by Gasteiger charge is 2.18. The van der Waals surface area contributed by atoms with Crippen LogP contribution in [0.1, 0.15) is 16.8 Å². The number of thioether (sulfide) groups is 1. The van der Waals surface area contributed by atoms with Crippen LogP contribution in [0, 0.1) is 10.1 Å². The van der Waals surface area contributed by atoms with Gasteiger partial charge in [-0.3, -0.25) is 19.7 Å². The molecule has 0 unspecified atom stereocenters. The summed E-state index contributed by atoms with van der Waals surface area (Å²) < 4.78 is 0. The van der Waals surface area contributed by atoms with E-state index < -0.39 is 10.8 Å². The second-order valence-electron chi connectivity index (χ2n) is 5.19. The number of rotatable bonds is 7. The van der Waals surface area contributed by atoms with Gasteiger partial charge in [-0.1, -0.05) is 11.6 Å². The lowest BCUT2D eigenvalue weighted by molar-refractivity contribution is -0.387. The summed E-state index contributed by atoms with van der Waals surface area (Å²) in [6.45, 7) is 2.19. The average molecular weight is 387 g/mol. The molecule has 1 aliphatic rings. The van der Waals surface area contributed by atoms with Crippen LogP contribution in [-0.2, 0) is 4.79 Å². The van der Waals surface area contributed by atoms with Gasteiger partial charge in [0.15, 0.2) is 0 Å². The molecular formula is C15H19ClN4O4S. The lowest BCUT2D eigenvalue weighted by Gasteiger charge is -2.14. The van der Waals surface area contributed by atoms with Crippen LogP contribution in [-0.4, -0.2) is 42.1 Å². The molecule has 0 atom stereocenters. The molecule has 0 aliphatic carbocycles. The molecule has 10 heteroatoms. The Morgan fingerprint density at radius 3 is 2.76 bits per heavy atom. The number of nitro benzene ring substituents is 1. The van der Waals surface area contributed by atoms with Crippen LogP contribution < -0.4 is 16.4 Å². The van der Waals surface area contributed by atoms with Crippen molar-refractivity contribution in [1.82, 2.24) is 10.6 Å². The molecule has 0 radical (unpaired) electrons. The number of hydrogen-bond acceptors (Lipinski definition) is 6. The van der Waals surface area contributed by atoms with Crippen molar-refractivity contribution in [2.45, 2.75) is 11.3 Å². The van der Waals surface area contributed by atoms with E-state index in [0.29, 0.717) is 11.4 Å². The van der Waals surface area contributed by atoms with Gasteiger partial charge in [0.1, 0.15) is 0 Å². The maximum absolute atomic E-state index is 11.9. The SMILES string of the molecule is Cl.NC(=O)c1ccc(SCC(=O)NCC2=CCNCC2)c([N+](=O)[O-])c1. The number of nitrogens with zero attached hydrogens (tertiary/aromatic N) is 1. The van der Waals surface area contributed by atoms with Crippen molar-refractivity contribution in [2.24, 2.45) is 5.73 Å². The second kappa shape index (κ2) is 10.0. The van der Waals surface area contributed by atoms with Crippen LogP contribution in [0.25, 0.3) is 0 Å². The van der Waals surface area contributed by atoms with E-state index in [4.69, 9.17) is 5.73 Å². The number of carbonyl (C=O) groups excluding carboxylic acids is 2. The molecule has 2 amide bonds. The Kier molecular flexibility index (Phi) is 8.39.